The SMILES string of the molecule is CC(C)NC(=O)OC1COC(c2cc(Nc3nccn4nc(CN5CCC5)cc34)n[nH]2)C1. The average Bonchev–Trinajstić information content (AvgIpc) is 3.43. The fourth-order valence-corrected chi connectivity index (χ4v) is 3.92. The van der Waals surface area contributed by atoms with E-state index in [9.17, 15) is 4.79 Å². The number of H-pyrrole nitrogens is 1. The van der Waals surface area contributed by atoms with Crippen LogP contribution >= 0.6 is 0 Å². The highest BCUT2D eigenvalue weighted by Crippen LogP contribution is 2.31. The van der Waals surface area contributed by atoms with Crippen molar-refractivity contribution in [2.45, 2.75) is 51.5 Å². The summed E-state index contributed by atoms with van der Waals surface area (Å²) in [6.07, 6.45) is 4.47. The van der Waals surface area contributed by atoms with Gasteiger partial charge in [-0.3, -0.25) is 10.00 Å². The molecule has 2 unspecified atom stereocenters. The van der Waals surface area contributed by atoms with Gasteiger partial charge < -0.3 is 20.1 Å². The van der Waals surface area contributed by atoms with Crippen LogP contribution in [0.15, 0.2) is 24.5 Å². The molecule has 0 radical (unpaired) electrons. The van der Waals surface area contributed by atoms with Crippen molar-refractivity contribution in [3.8, 4) is 0 Å². The second kappa shape index (κ2) is 8.75. The lowest BCUT2D eigenvalue weighted by atomic mass is 10.1. The van der Waals surface area contributed by atoms with Crippen LogP contribution in [0.2, 0.25) is 0 Å². The molecule has 3 aromatic rings. The summed E-state index contributed by atoms with van der Waals surface area (Å²) in [5, 5.41) is 18.0. The average molecular weight is 441 g/mol. The highest BCUT2D eigenvalue weighted by Gasteiger charge is 2.31. The Balaban J connectivity index is 1.23. The van der Waals surface area contributed by atoms with E-state index in [0.717, 1.165) is 36.5 Å². The van der Waals surface area contributed by atoms with Crippen LogP contribution in [-0.2, 0) is 16.0 Å². The maximum Gasteiger partial charge on any atom is 0.407 e. The first-order valence-corrected chi connectivity index (χ1v) is 11.0. The molecule has 0 saturated carbocycles. The van der Waals surface area contributed by atoms with Crippen LogP contribution in [0.25, 0.3) is 5.52 Å². The van der Waals surface area contributed by atoms with Crippen LogP contribution in [0.3, 0.4) is 0 Å². The zero-order valence-electron chi connectivity index (χ0n) is 18.2. The molecule has 2 atom stereocenters. The molecule has 0 spiro atoms. The molecule has 170 valence electrons. The summed E-state index contributed by atoms with van der Waals surface area (Å²) in [5.41, 5.74) is 2.74. The van der Waals surface area contributed by atoms with Crippen molar-refractivity contribution in [2.75, 3.05) is 25.0 Å². The van der Waals surface area contributed by atoms with E-state index >= 15 is 0 Å². The van der Waals surface area contributed by atoms with Crippen molar-refractivity contribution in [3.05, 3.63) is 35.9 Å². The minimum atomic E-state index is -0.422. The third-order valence-corrected chi connectivity index (χ3v) is 5.61. The number of nitrogens with zero attached hydrogens (tertiary/aromatic N) is 5. The van der Waals surface area contributed by atoms with Crippen LogP contribution in [0.1, 0.15) is 44.2 Å². The van der Waals surface area contributed by atoms with Gasteiger partial charge in [-0.1, -0.05) is 0 Å². The molecule has 1 amide bonds. The van der Waals surface area contributed by atoms with Gasteiger partial charge in [0.05, 0.1) is 18.0 Å². The summed E-state index contributed by atoms with van der Waals surface area (Å²) in [4.78, 5) is 18.6. The molecule has 3 aromatic heterocycles. The molecule has 2 aliphatic heterocycles. The first-order valence-electron chi connectivity index (χ1n) is 11.0. The largest absolute Gasteiger partial charge is 0.444 e. The minimum Gasteiger partial charge on any atom is -0.444 e. The third kappa shape index (κ3) is 4.53. The van der Waals surface area contributed by atoms with Gasteiger partial charge >= 0.3 is 6.09 Å². The molecule has 0 bridgehead atoms. The van der Waals surface area contributed by atoms with E-state index in [4.69, 9.17) is 9.47 Å². The number of carbonyl (C=O) groups is 1. The summed E-state index contributed by atoms with van der Waals surface area (Å²) in [6.45, 7) is 7.25. The Hall–Kier alpha value is -3.18. The lowest BCUT2D eigenvalue weighted by Crippen LogP contribution is -2.36. The van der Waals surface area contributed by atoms with Crippen molar-refractivity contribution in [2.24, 2.45) is 0 Å². The molecule has 3 N–H and O–H groups in total. The zero-order chi connectivity index (χ0) is 22.1. The van der Waals surface area contributed by atoms with Gasteiger partial charge in [0.25, 0.3) is 0 Å². The number of carbonyl (C=O) groups excluding carboxylic acids is 1. The standard InChI is InChI=1S/C21H28N8O3/c1-13(2)23-21(30)32-15-9-18(31-12-15)16-10-19(26-25-16)24-20-17-8-14(11-28-5-3-6-28)27-29(17)7-4-22-20/h4,7-8,10,13,15,18H,3,5-6,9,11-12H2,1-2H3,(H,23,30)(H2,22,24,25,26). The van der Waals surface area contributed by atoms with Crippen molar-refractivity contribution in [3.63, 3.8) is 0 Å². The molecule has 5 heterocycles. The lowest BCUT2D eigenvalue weighted by Gasteiger charge is -2.29. The Morgan fingerprint density at radius 1 is 1.38 bits per heavy atom. The number of rotatable bonds is 7. The Bertz CT molecular complexity index is 1090. The summed E-state index contributed by atoms with van der Waals surface area (Å²) >= 11 is 0. The topological polar surface area (TPSA) is 122 Å². The Kier molecular flexibility index (Phi) is 5.66. The number of likely N-dealkylation sites (tertiary alicyclic amines) is 1. The highest BCUT2D eigenvalue weighted by atomic mass is 16.6. The number of hydrogen-bond acceptors (Lipinski definition) is 8. The number of alkyl carbamates (subject to hydrolysis) is 1. The van der Waals surface area contributed by atoms with Gasteiger partial charge in [0.1, 0.15) is 17.7 Å². The summed E-state index contributed by atoms with van der Waals surface area (Å²) < 4.78 is 13.1. The molecule has 11 nitrogen and oxygen atoms in total. The zero-order valence-corrected chi connectivity index (χ0v) is 18.2. The molecule has 32 heavy (non-hydrogen) atoms. The first kappa shape index (κ1) is 20.7. The Morgan fingerprint density at radius 3 is 3.03 bits per heavy atom. The fourth-order valence-electron chi connectivity index (χ4n) is 3.92. The number of hydrogen-bond donors (Lipinski definition) is 3. The lowest BCUT2D eigenvalue weighted by molar-refractivity contribution is 0.0682. The van der Waals surface area contributed by atoms with Gasteiger partial charge in [-0.15, -0.1) is 0 Å². The maximum absolute atomic E-state index is 11.8. The normalized spacial score (nSPS) is 21.1. The molecule has 5 rings (SSSR count). The van der Waals surface area contributed by atoms with Crippen molar-refractivity contribution in [1.29, 1.82) is 0 Å². The number of amides is 1. The molecular weight excluding hydrogens is 412 g/mol. The van der Waals surface area contributed by atoms with Crippen LogP contribution in [0, 0.1) is 0 Å². The molecule has 0 aliphatic carbocycles. The van der Waals surface area contributed by atoms with Gasteiger partial charge in [-0.25, -0.2) is 14.3 Å². The van der Waals surface area contributed by atoms with E-state index in [1.807, 2.05) is 30.6 Å². The molecule has 11 heteroatoms. The van der Waals surface area contributed by atoms with E-state index in [2.05, 4.69) is 41.9 Å². The van der Waals surface area contributed by atoms with Crippen molar-refractivity contribution in [1.82, 2.24) is 35.0 Å². The number of anilines is 2. The summed E-state index contributed by atoms with van der Waals surface area (Å²) in [7, 11) is 0. The molecular formula is C21H28N8O3. The second-order valence-corrected chi connectivity index (χ2v) is 8.59. The van der Waals surface area contributed by atoms with Gasteiger partial charge in [0, 0.05) is 37.5 Å². The molecule has 2 saturated heterocycles. The number of fused-ring (bicyclic) bond motifs is 1. The van der Waals surface area contributed by atoms with Gasteiger partial charge in [-0.2, -0.15) is 10.2 Å². The van der Waals surface area contributed by atoms with Crippen molar-refractivity contribution < 1.29 is 14.3 Å². The minimum absolute atomic E-state index is 0.0301. The van der Waals surface area contributed by atoms with Crippen LogP contribution in [0.4, 0.5) is 16.4 Å². The molecule has 0 aromatic carbocycles. The predicted molar refractivity (Wildman–Crippen MR) is 117 cm³/mol. The quantitative estimate of drug-likeness (QED) is 0.512. The monoisotopic (exact) mass is 440 g/mol. The second-order valence-electron chi connectivity index (χ2n) is 8.59. The number of aromatic amines is 1. The van der Waals surface area contributed by atoms with Crippen LogP contribution < -0.4 is 10.6 Å². The maximum atomic E-state index is 11.8. The van der Waals surface area contributed by atoms with Crippen molar-refractivity contribution >= 4 is 23.2 Å². The predicted octanol–water partition coefficient (Wildman–Crippen LogP) is 2.37. The molecule has 2 aliphatic rings. The summed E-state index contributed by atoms with van der Waals surface area (Å²) in [5.74, 6) is 1.32. The molecule has 2 fully saturated rings. The highest BCUT2D eigenvalue weighted by molar-refractivity contribution is 5.72. The van der Waals surface area contributed by atoms with E-state index < -0.39 is 6.09 Å². The van der Waals surface area contributed by atoms with Gasteiger partial charge in [0.15, 0.2) is 11.6 Å². The smallest absolute Gasteiger partial charge is 0.407 e. The fraction of sp³-hybridized carbons (Fsp3) is 0.524. The number of nitrogens with one attached hydrogen (secondary N) is 3. The Morgan fingerprint density at radius 2 is 2.25 bits per heavy atom. The van der Waals surface area contributed by atoms with E-state index in [1.54, 1.807) is 6.20 Å². The van der Waals surface area contributed by atoms with E-state index in [0.29, 0.717) is 24.7 Å². The first-order chi connectivity index (χ1) is 15.5. The van der Waals surface area contributed by atoms with Crippen LogP contribution in [-0.4, -0.2) is 67.6 Å². The van der Waals surface area contributed by atoms with Gasteiger partial charge in [-0.05, 0) is 39.4 Å². The number of ether oxygens (including phenoxy) is 2. The van der Waals surface area contributed by atoms with E-state index in [-0.39, 0.29) is 18.2 Å². The number of aromatic nitrogens is 5. The van der Waals surface area contributed by atoms with E-state index in [1.165, 1.54) is 6.42 Å². The summed E-state index contributed by atoms with van der Waals surface area (Å²) in [6, 6.07) is 3.98. The van der Waals surface area contributed by atoms with Gasteiger partial charge in [0.2, 0.25) is 0 Å². The third-order valence-electron chi connectivity index (χ3n) is 5.61. The van der Waals surface area contributed by atoms with Crippen LogP contribution in [0.5, 0.6) is 0 Å². The Labute approximate surface area is 185 Å².